The molecular formula is C30H31F3N4O4. The van der Waals surface area contributed by atoms with E-state index in [2.05, 4.69) is 10.3 Å². The minimum absolute atomic E-state index is 0.00818. The molecule has 0 atom stereocenters. The summed E-state index contributed by atoms with van der Waals surface area (Å²) >= 11 is 0. The van der Waals surface area contributed by atoms with Crippen LogP contribution in [0.5, 0.6) is 0 Å². The van der Waals surface area contributed by atoms with Gasteiger partial charge in [-0.3, -0.25) is 19.3 Å². The van der Waals surface area contributed by atoms with Gasteiger partial charge in [-0.2, -0.15) is 0 Å². The van der Waals surface area contributed by atoms with Crippen LogP contribution in [0.4, 0.5) is 13.2 Å². The molecule has 1 aromatic heterocycles. The van der Waals surface area contributed by atoms with Crippen LogP contribution in [0.3, 0.4) is 0 Å². The number of aliphatic carboxylic acids is 1. The first-order valence-corrected chi connectivity index (χ1v) is 13.8. The number of hydrogen-bond acceptors (Lipinski definition) is 5. The van der Waals surface area contributed by atoms with Crippen molar-refractivity contribution in [1.29, 1.82) is 0 Å². The highest BCUT2D eigenvalue weighted by molar-refractivity contribution is 6.09. The Balaban J connectivity index is 1.59. The van der Waals surface area contributed by atoms with E-state index >= 15 is 0 Å². The number of amides is 2. The van der Waals surface area contributed by atoms with Gasteiger partial charge in [-0.25, -0.2) is 18.2 Å². The van der Waals surface area contributed by atoms with Gasteiger partial charge in [0.25, 0.3) is 5.91 Å². The predicted octanol–water partition coefficient (Wildman–Crippen LogP) is 4.36. The number of carboxylic acid groups (broad SMARTS) is 1. The molecule has 41 heavy (non-hydrogen) atoms. The first-order chi connectivity index (χ1) is 19.7. The van der Waals surface area contributed by atoms with E-state index < -0.39 is 41.8 Å². The molecule has 1 saturated heterocycles. The molecule has 3 aromatic rings. The summed E-state index contributed by atoms with van der Waals surface area (Å²) in [6.45, 7) is 0.314. The Hall–Kier alpha value is -3.99. The molecule has 2 aliphatic rings. The van der Waals surface area contributed by atoms with Crippen LogP contribution >= 0.6 is 0 Å². The average Bonchev–Trinajstić information content (AvgIpc) is 2.92. The van der Waals surface area contributed by atoms with E-state index in [-0.39, 0.29) is 47.4 Å². The number of halogens is 3. The number of nitrogens with zero attached hydrogens (tertiary/aromatic N) is 3. The van der Waals surface area contributed by atoms with Crippen LogP contribution in [0.1, 0.15) is 48.0 Å². The average molecular weight is 569 g/mol. The molecule has 2 aromatic carbocycles. The van der Waals surface area contributed by atoms with Crippen LogP contribution in [-0.4, -0.2) is 70.4 Å². The molecule has 8 nitrogen and oxygen atoms in total. The van der Waals surface area contributed by atoms with Crippen LogP contribution < -0.4 is 5.32 Å². The molecule has 216 valence electrons. The second-order valence-electron chi connectivity index (χ2n) is 10.8. The van der Waals surface area contributed by atoms with Gasteiger partial charge < -0.3 is 15.3 Å². The van der Waals surface area contributed by atoms with E-state index in [1.54, 1.807) is 4.90 Å². The second kappa shape index (κ2) is 12.3. The Bertz CT molecular complexity index is 1470. The van der Waals surface area contributed by atoms with Gasteiger partial charge in [0, 0.05) is 48.8 Å². The lowest BCUT2D eigenvalue weighted by molar-refractivity contribution is -0.147. The van der Waals surface area contributed by atoms with Crippen molar-refractivity contribution in [3.63, 3.8) is 0 Å². The summed E-state index contributed by atoms with van der Waals surface area (Å²) in [5.41, 5.74) is 0.950. The van der Waals surface area contributed by atoms with Gasteiger partial charge in [0.05, 0.1) is 23.3 Å². The van der Waals surface area contributed by atoms with E-state index in [1.165, 1.54) is 23.1 Å². The number of nitrogens with one attached hydrogen (secondary N) is 1. The van der Waals surface area contributed by atoms with Crippen molar-refractivity contribution in [1.82, 2.24) is 20.1 Å². The fourth-order valence-corrected chi connectivity index (χ4v) is 5.78. The van der Waals surface area contributed by atoms with Crippen molar-refractivity contribution >= 4 is 28.7 Å². The van der Waals surface area contributed by atoms with Crippen LogP contribution in [0.25, 0.3) is 22.2 Å². The molecule has 1 saturated carbocycles. The number of fused-ring (bicyclic) bond motifs is 1. The highest BCUT2D eigenvalue weighted by Crippen LogP contribution is 2.33. The summed E-state index contributed by atoms with van der Waals surface area (Å²) in [5, 5.41) is 12.4. The standard InChI is InChI=1S/C30H31F3N4O4/c31-20-6-7-25-23(13-20)28(30(41)34-14-18-4-2-1-3-5-18)24(29(35-25)19-10-21(32)12-22(33)11-19)15-36-8-9-37(17-27(39)40)26(38)16-36/h6-7,10-13,18H,1-5,8-9,14-17H2,(H,34,41)(H,39,40). The molecule has 0 unspecified atom stereocenters. The lowest BCUT2D eigenvalue weighted by Crippen LogP contribution is -2.51. The van der Waals surface area contributed by atoms with Crippen LogP contribution in [-0.2, 0) is 16.1 Å². The Morgan fingerprint density at radius 2 is 1.71 bits per heavy atom. The van der Waals surface area contributed by atoms with Gasteiger partial charge in [-0.1, -0.05) is 19.3 Å². The van der Waals surface area contributed by atoms with Gasteiger partial charge in [-0.15, -0.1) is 0 Å². The van der Waals surface area contributed by atoms with E-state index in [1.807, 2.05) is 0 Å². The van der Waals surface area contributed by atoms with E-state index in [4.69, 9.17) is 5.11 Å². The fourth-order valence-electron chi connectivity index (χ4n) is 5.78. The summed E-state index contributed by atoms with van der Waals surface area (Å²) in [6.07, 6.45) is 5.33. The summed E-state index contributed by atoms with van der Waals surface area (Å²) in [6, 6.07) is 6.80. The quantitative estimate of drug-likeness (QED) is 0.419. The summed E-state index contributed by atoms with van der Waals surface area (Å²) in [5.74, 6) is -3.90. The van der Waals surface area contributed by atoms with Crippen molar-refractivity contribution < 1.29 is 32.7 Å². The normalized spacial score (nSPS) is 16.8. The number of rotatable bonds is 8. The molecule has 0 spiro atoms. The minimum atomic E-state index is -1.13. The summed E-state index contributed by atoms with van der Waals surface area (Å²) in [7, 11) is 0. The van der Waals surface area contributed by atoms with Gasteiger partial charge in [0.1, 0.15) is 24.0 Å². The van der Waals surface area contributed by atoms with Crippen LogP contribution in [0.2, 0.25) is 0 Å². The SMILES string of the molecule is O=C(O)CN1CCN(Cc2c(-c3cc(F)cc(F)c3)nc3ccc(F)cc3c2C(=O)NCC2CCCCC2)CC1=O. The number of hydrogen-bond donors (Lipinski definition) is 2. The Morgan fingerprint density at radius 1 is 0.976 bits per heavy atom. The number of aromatic nitrogens is 1. The largest absolute Gasteiger partial charge is 0.480 e. The van der Waals surface area contributed by atoms with Gasteiger partial charge >= 0.3 is 5.97 Å². The first-order valence-electron chi connectivity index (χ1n) is 13.8. The number of carboxylic acids is 1. The van der Waals surface area contributed by atoms with Gasteiger partial charge in [-0.05, 0) is 49.1 Å². The Morgan fingerprint density at radius 3 is 2.39 bits per heavy atom. The molecule has 11 heteroatoms. The number of benzene rings is 2. The molecule has 2 fully saturated rings. The van der Waals surface area contributed by atoms with E-state index in [0.717, 1.165) is 50.3 Å². The molecule has 5 rings (SSSR count). The number of carbonyl (C=O) groups is 3. The van der Waals surface area contributed by atoms with E-state index in [9.17, 15) is 27.6 Å². The lowest BCUT2D eigenvalue weighted by atomic mass is 9.89. The highest BCUT2D eigenvalue weighted by atomic mass is 19.1. The van der Waals surface area contributed by atoms with Crippen molar-refractivity contribution in [3.8, 4) is 11.3 Å². The topological polar surface area (TPSA) is 103 Å². The van der Waals surface area contributed by atoms with Crippen LogP contribution in [0, 0.1) is 23.4 Å². The molecular weight excluding hydrogens is 537 g/mol. The summed E-state index contributed by atoms with van der Waals surface area (Å²) in [4.78, 5) is 45.3. The third-order valence-electron chi connectivity index (χ3n) is 7.79. The van der Waals surface area contributed by atoms with Crippen molar-refractivity contribution in [3.05, 3.63) is 65.0 Å². The molecule has 0 bridgehead atoms. The molecule has 2 N–H and O–H groups in total. The molecule has 0 radical (unpaired) electrons. The zero-order valence-corrected chi connectivity index (χ0v) is 22.5. The maximum absolute atomic E-state index is 14.5. The zero-order valence-electron chi connectivity index (χ0n) is 22.5. The van der Waals surface area contributed by atoms with Gasteiger partial charge in [0.15, 0.2) is 0 Å². The molecule has 2 amide bonds. The monoisotopic (exact) mass is 568 g/mol. The third kappa shape index (κ3) is 6.67. The highest BCUT2D eigenvalue weighted by Gasteiger charge is 2.29. The lowest BCUT2D eigenvalue weighted by Gasteiger charge is -2.34. The maximum atomic E-state index is 14.5. The third-order valence-corrected chi connectivity index (χ3v) is 7.79. The minimum Gasteiger partial charge on any atom is -0.480 e. The smallest absolute Gasteiger partial charge is 0.323 e. The molecule has 1 aliphatic carbocycles. The Kier molecular flexibility index (Phi) is 8.53. The number of carbonyl (C=O) groups excluding carboxylic acids is 2. The molecule has 1 aliphatic heterocycles. The Labute approximate surface area is 235 Å². The zero-order chi connectivity index (χ0) is 29.1. The first kappa shape index (κ1) is 28.5. The maximum Gasteiger partial charge on any atom is 0.323 e. The predicted molar refractivity (Wildman–Crippen MR) is 145 cm³/mol. The number of piperazine rings is 1. The molecule has 2 heterocycles. The fraction of sp³-hybridized carbons (Fsp3) is 0.400. The summed E-state index contributed by atoms with van der Waals surface area (Å²) < 4.78 is 43.2. The van der Waals surface area contributed by atoms with Gasteiger partial charge in [0.2, 0.25) is 5.91 Å². The van der Waals surface area contributed by atoms with Crippen molar-refractivity contribution in [2.24, 2.45) is 5.92 Å². The number of pyridine rings is 1. The van der Waals surface area contributed by atoms with Crippen molar-refractivity contribution in [2.75, 3.05) is 32.7 Å². The van der Waals surface area contributed by atoms with Crippen LogP contribution in [0.15, 0.2) is 36.4 Å². The van der Waals surface area contributed by atoms with E-state index in [0.29, 0.717) is 24.6 Å². The van der Waals surface area contributed by atoms with Crippen molar-refractivity contribution in [2.45, 2.75) is 38.6 Å². The second-order valence-corrected chi connectivity index (χ2v) is 10.8.